The van der Waals surface area contributed by atoms with Gasteiger partial charge in [0.05, 0.1) is 7.11 Å². The summed E-state index contributed by atoms with van der Waals surface area (Å²) in [7, 11) is -0.187. The van der Waals surface area contributed by atoms with E-state index < -0.39 is 20.0 Å². The average molecular weight is 270 g/mol. The van der Waals surface area contributed by atoms with Gasteiger partial charge in [0, 0.05) is 6.42 Å². The molecule has 4 nitrogen and oxygen atoms in total. The number of rotatable bonds is 6. The average Bonchev–Trinajstić information content (AvgIpc) is 2.25. The number of aliphatic carboxylic acids is 1. The Hall–Kier alpha value is -1.28. The summed E-state index contributed by atoms with van der Waals surface area (Å²) < 4.78 is 4.52. The highest BCUT2D eigenvalue weighted by Crippen LogP contribution is 2.11. The van der Waals surface area contributed by atoms with Gasteiger partial charge in [-0.3, -0.25) is 9.59 Å². The molecule has 0 aliphatic heterocycles. The van der Waals surface area contributed by atoms with Crippen molar-refractivity contribution in [1.29, 1.82) is 0 Å². The lowest BCUT2D eigenvalue weighted by atomic mass is 10.0. The van der Waals surface area contributed by atoms with Crippen LogP contribution in [0.3, 0.4) is 0 Å². The molecular weight excluding hydrogens is 248 g/mol. The SMILES string of the molecule is COC(=O)CCCC[C@H](C#C[Si](C)(C)C)C(=O)O. The van der Waals surface area contributed by atoms with Crippen LogP contribution in [-0.2, 0) is 14.3 Å². The second kappa shape index (κ2) is 7.93. The number of unbranched alkanes of at least 4 members (excludes halogenated alkanes) is 1. The standard InChI is InChI=1S/C13H22O4Si/c1-17-12(14)8-6-5-7-11(13(15)16)9-10-18(2,3)4/h11H,5-8H2,1-4H3,(H,15,16)/t11-/m1/s1. The number of carbonyl (C=O) groups is 2. The van der Waals surface area contributed by atoms with E-state index in [0.717, 1.165) is 0 Å². The summed E-state index contributed by atoms with van der Waals surface area (Å²) in [6.07, 6.45) is 2.14. The molecule has 0 aromatic heterocycles. The van der Waals surface area contributed by atoms with Crippen LogP contribution in [0.1, 0.15) is 25.7 Å². The molecule has 0 aromatic rings. The molecule has 0 amide bonds. The quantitative estimate of drug-likeness (QED) is 0.348. The topological polar surface area (TPSA) is 63.6 Å². The minimum atomic E-state index is -1.54. The molecule has 5 heteroatoms. The van der Waals surface area contributed by atoms with Gasteiger partial charge in [0.15, 0.2) is 0 Å². The molecule has 0 aromatic carbocycles. The van der Waals surface area contributed by atoms with E-state index >= 15 is 0 Å². The van der Waals surface area contributed by atoms with Crippen molar-refractivity contribution in [3.63, 3.8) is 0 Å². The normalized spacial score (nSPS) is 12.2. The van der Waals surface area contributed by atoms with Crippen molar-refractivity contribution in [1.82, 2.24) is 0 Å². The highest BCUT2D eigenvalue weighted by atomic mass is 28.3. The Morgan fingerprint density at radius 1 is 1.28 bits per heavy atom. The van der Waals surface area contributed by atoms with Crippen LogP contribution in [0.25, 0.3) is 0 Å². The van der Waals surface area contributed by atoms with Gasteiger partial charge in [-0.25, -0.2) is 0 Å². The number of methoxy groups -OCH3 is 1. The van der Waals surface area contributed by atoms with Crippen molar-refractivity contribution in [3.05, 3.63) is 0 Å². The maximum atomic E-state index is 11.0. The maximum Gasteiger partial charge on any atom is 0.318 e. The Morgan fingerprint density at radius 3 is 2.33 bits per heavy atom. The van der Waals surface area contributed by atoms with Gasteiger partial charge in [0.1, 0.15) is 14.0 Å². The summed E-state index contributed by atoms with van der Waals surface area (Å²) in [5.74, 6) is 1.11. The van der Waals surface area contributed by atoms with E-state index in [1.165, 1.54) is 7.11 Å². The number of carboxylic acid groups (broad SMARTS) is 1. The van der Waals surface area contributed by atoms with Crippen molar-refractivity contribution in [2.24, 2.45) is 5.92 Å². The third-order valence-electron chi connectivity index (χ3n) is 2.27. The molecule has 0 saturated carbocycles. The first kappa shape index (κ1) is 16.7. The van der Waals surface area contributed by atoms with Crippen LogP contribution in [0.15, 0.2) is 0 Å². The Morgan fingerprint density at radius 2 is 1.89 bits per heavy atom. The van der Waals surface area contributed by atoms with Gasteiger partial charge in [0.25, 0.3) is 0 Å². The molecule has 0 saturated heterocycles. The fraction of sp³-hybridized carbons (Fsp3) is 0.692. The molecule has 0 spiro atoms. The minimum Gasteiger partial charge on any atom is -0.480 e. The van der Waals surface area contributed by atoms with Crippen molar-refractivity contribution in [2.45, 2.75) is 45.3 Å². The van der Waals surface area contributed by atoms with Gasteiger partial charge >= 0.3 is 11.9 Å². The second-order valence-corrected chi connectivity index (χ2v) is 9.98. The molecule has 0 bridgehead atoms. The summed E-state index contributed by atoms with van der Waals surface area (Å²) in [5, 5.41) is 9.05. The van der Waals surface area contributed by atoms with Crippen molar-refractivity contribution < 1.29 is 19.4 Å². The van der Waals surface area contributed by atoms with Crippen LogP contribution in [0.5, 0.6) is 0 Å². The van der Waals surface area contributed by atoms with E-state index in [0.29, 0.717) is 25.7 Å². The lowest BCUT2D eigenvalue weighted by Gasteiger charge is -2.08. The second-order valence-electron chi connectivity index (χ2n) is 5.23. The van der Waals surface area contributed by atoms with Crippen LogP contribution in [0.2, 0.25) is 19.6 Å². The molecule has 0 radical (unpaired) electrons. The molecule has 0 aliphatic carbocycles. The lowest BCUT2D eigenvalue weighted by Crippen LogP contribution is -2.19. The Balaban J connectivity index is 4.18. The number of hydrogen-bond donors (Lipinski definition) is 1. The van der Waals surface area contributed by atoms with Gasteiger partial charge in [-0.2, -0.15) is 0 Å². The van der Waals surface area contributed by atoms with Crippen molar-refractivity contribution >= 4 is 20.0 Å². The van der Waals surface area contributed by atoms with Gasteiger partial charge in [-0.1, -0.05) is 32.0 Å². The first-order valence-electron chi connectivity index (χ1n) is 6.08. The van der Waals surface area contributed by atoms with Crippen molar-refractivity contribution in [3.8, 4) is 11.5 Å². The molecule has 18 heavy (non-hydrogen) atoms. The van der Waals surface area contributed by atoms with E-state index in [1.54, 1.807) is 0 Å². The van der Waals surface area contributed by atoms with Gasteiger partial charge in [0.2, 0.25) is 0 Å². The van der Waals surface area contributed by atoms with E-state index in [4.69, 9.17) is 5.11 Å². The lowest BCUT2D eigenvalue weighted by molar-refractivity contribution is -0.140. The summed E-state index contributed by atoms with van der Waals surface area (Å²) in [6.45, 7) is 6.24. The predicted molar refractivity (Wildman–Crippen MR) is 72.7 cm³/mol. The van der Waals surface area contributed by atoms with Crippen molar-refractivity contribution in [2.75, 3.05) is 7.11 Å². The van der Waals surface area contributed by atoms with Gasteiger partial charge in [-0.05, 0) is 12.8 Å². The Kier molecular flexibility index (Phi) is 7.37. The molecule has 0 unspecified atom stereocenters. The first-order chi connectivity index (χ1) is 8.26. The molecule has 1 N–H and O–H groups in total. The molecular formula is C13H22O4Si. The molecule has 102 valence electrons. The Bertz CT molecular complexity index is 346. The van der Waals surface area contributed by atoms with E-state index in [9.17, 15) is 9.59 Å². The molecule has 0 heterocycles. The number of carbonyl (C=O) groups excluding carboxylic acids is 1. The van der Waals surface area contributed by atoms with E-state index in [2.05, 4.69) is 35.8 Å². The van der Waals surface area contributed by atoms with Crippen LogP contribution in [0, 0.1) is 17.4 Å². The summed E-state index contributed by atoms with van der Waals surface area (Å²) in [4.78, 5) is 21.9. The zero-order valence-electron chi connectivity index (χ0n) is 11.6. The van der Waals surface area contributed by atoms with Crippen LogP contribution >= 0.6 is 0 Å². The highest BCUT2D eigenvalue weighted by Gasteiger charge is 2.16. The monoisotopic (exact) mass is 270 g/mol. The van der Waals surface area contributed by atoms with Gasteiger partial charge < -0.3 is 9.84 Å². The molecule has 0 aliphatic rings. The smallest absolute Gasteiger partial charge is 0.318 e. The highest BCUT2D eigenvalue weighted by molar-refractivity contribution is 6.83. The first-order valence-corrected chi connectivity index (χ1v) is 9.58. The van der Waals surface area contributed by atoms with E-state index in [-0.39, 0.29) is 5.97 Å². The summed E-state index contributed by atoms with van der Waals surface area (Å²) >= 11 is 0. The number of ether oxygens (including phenoxy) is 1. The third-order valence-corrected chi connectivity index (χ3v) is 3.17. The third kappa shape index (κ3) is 8.82. The molecule has 0 fully saturated rings. The summed E-state index contributed by atoms with van der Waals surface area (Å²) in [5.41, 5.74) is 3.08. The number of carboxylic acids is 1. The zero-order chi connectivity index (χ0) is 14.2. The maximum absolute atomic E-state index is 11.0. The fourth-order valence-corrected chi connectivity index (χ4v) is 1.89. The fourth-order valence-electron chi connectivity index (χ4n) is 1.28. The van der Waals surface area contributed by atoms with Crippen LogP contribution in [-0.4, -0.2) is 32.2 Å². The van der Waals surface area contributed by atoms with Crippen LogP contribution in [0.4, 0.5) is 0 Å². The Labute approximate surface area is 110 Å². The number of esters is 1. The zero-order valence-corrected chi connectivity index (χ0v) is 12.6. The number of hydrogen-bond acceptors (Lipinski definition) is 3. The molecule has 1 atom stereocenters. The minimum absolute atomic E-state index is 0.255. The molecule has 0 rings (SSSR count). The summed E-state index contributed by atoms with van der Waals surface area (Å²) in [6, 6.07) is 0. The van der Waals surface area contributed by atoms with E-state index in [1.807, 2.05) is 0 Å². The largest absolute Gasteiger partial charge is 0.480 e. The van der Waals surface area contributed by atoms with Crippen LogP contribution < -0.4 is 0 Å². The van der Waals surface area contributed by atoms with Gasteiger partial charge in [-0.15, -0.1) is 5.54 Å². The predicted octanol–water partition coefficient (Wildman–Crippen LogP) is 2.30.